The number of ether oxygens (including phenoxy) is 1. The average Bonchev–Trinajstić information content (AvgIpc) is 3.54. The summed E-state index contributed by atoms with van der Waals surface area (Å²) in [6.45, 7) is 1.87. The van der Waals surface area contributed by atoms with Gasteiger partial charge in [-0.25, -0.2) is 14.0 Å². The first-order valence-corrected chi connectivity index (χ1v) is 9.76. The van der Waals surface area contributed by atoms with Crippen molar-refractivity contribution in [1.29, 1.82) is 0 Å². The van der Waals surface area contributed by atoms with Gasteiger partial charge in [0.05, 0.1) is 22.8 Å². The molecule has 2 heterocycles. The van der Waals surface area contributed by atoms with E-state index in [1.807, 2.05) is 4.90 Å². The number of urea groups is 1. The van der Waals surface area contributed by atoms with Crippen LogP contribution in [0.3, 0.4) is 0 Å². The number of benzene rings is 1. The predicted octanol–water partition coefficient (Wildman–Crippen LogP) is 2.34. The summed E-state index contributed by atoms with van der Waals surface area (Å²) < 4.78 is 21.4. The molecule has 30 heavy (non-hydrogen) atoms. The van der Waals surface area contributed by atoms with E-state index in [9.17, 15) is 18.8 Å². The van der Waals surface area contributed by atoms with Crippen LogP contribution in [-0.2, 0) is 0 Å². The number of carbonyl (C=O) groups excluding carboxylic acids is 1. The normalized spacial score (nSPS) is 16.6. The van der Waals surface area contributed by atoms with Gasteiger partial charge in [0, 0.05) is 46.3 Å². The summed E-state index contributed by atoms with van der Waals surface area (Å²) in [7, 11) is 3.38. The molecule has 10 heteroatoms. The number of carboxylic acid groups (broad SMARTS) is 1. The van der Waals surface area contributed by atoms with E-state index in [4.69, 9.17) is 5.11 Å². The molecule has 9 nitrogen and oxygen atoms in total. The summed E-state index contributed by atoms with van der Waals surface area (Å²) in [5.41, 5.74) is 0.250. The molecule has 2 amide bonds. The maximum absolute atomic E-state index is 15.0. The highest BCUT2D eigenvalue weighted by Crippen LogP contribution is 2.39. The number of pyridine rings is 1. The molecule has 4 rings (SSSR count). The topological polar surface area (TPSA) is 95.3 Å². The van der Waals surface area contributed by atoms with Gasteiger partial charge in [-0.05, 0) is 25.0 Å². The molecular formula is C20H23FN4O5. The summed E-state index contributed by atoms with van der Waals surface area (Å²) in [5.74, 6) is -0.897. The van der Waals surface area contributed by atoms with E-state index in [2.05, 4.69) is 4.74 Å². The third-order valence-corrected chi connectivity index (χ3v) is 5.48. The highest BCUT2D eigenvalue weighted by molar-refractivity contribution is 5.85. The van der Waals surface area contributed by atoms with Gasteiger partial charge in [-0.3, -0.25) is 4.79 Å². The smallest absolute Gasteiger partial charge is 0.449 e. The van der Waals surface area contributed by atoms with Crippen molar-refractivity contribution < 1.29 is 23.8 Å². The van der Waals surface area contributed by atoms with Crippen LogP contribution in [0.4, 0.5) is 19.7 Å². The summed E-state index contributed by atoms with van der Waals surface area (Å²) in [6, 6.07) is 2.83. The van der Waals surface area contributed by atoms with Crippen LogP contribution in [-0.4, -0.2) is 71.9 Å². The van der Waals surface area contributed by atoms with E-state index in [1.165, 1.54) is 11.1 Å². The van der Waals surface area contributed by atoms with Gasteiger partial charge in [0.1, 0.15) is 5.82 Å². The van der Waals surface area contributed by atoms with Crippen molar-refractivity contribution in [3.63, 3.8) is 0 Å². The van der Waals surface area contributed by atoms with Crippen molar-refractivity contribution in [1.82, 2.24) is 14.4 Å². The number of rotatable bonds is 3. The Morgan fingerprint density at radius 1 is 1.17 bits per heavy atom. The Balaban J connectivity index is 1.70. The lowest BCUT2D eigenvalue weighted by Crippen LogP contribution is -2.51. The van der Waals surface area contributed by atoms with Crippen LogP contribution >= 0.6 is 0 Å². The van der Waals surface area contributed by atoms with Crippen LogP contribution in [0.5, 0.6) is 5.75 Å². The van der Waals surface area contributed by atoms with Crippen molar-refractivity contribution >= 4 is 28.8 Å². The maximum atomic E-state index is 15.0. The summed E-state index contributed by atoms with van der Waals surface area (Å²) >= 11 is 0. The number of halogens is 1. The number of carbonyl (C=O) groups is 2. The van der Waals surface area contributed by atoms with E-state index < -0.39 is 17.4 Å². The third-order valence-electron chi connectivity index (χ3n) is 5.48. The Bertz CT molecular complexity index is 1070. The average molecular weight is 418 g/mol. The van der Waals surface area contributed by atoms with Gasteiger partial charge in [0.25, 0.3) is 0 Å². The molecule has 1 aromatic heterocycles. The number of aromatic nitrogens is 1. The summed E-state index contributed by atoms with van der Waals surface area (Å²) in [4.78, 5) is 40.8. The first-order chi connectivity index (χ1) is 14.3. The Morgan fingerprint density at radius 3 is 2.40 bits per heavy atom. The summed E-state index contributed by atoms with van der Waals surface area (Å²) in [5, 5.41) is 8.98. The van der Waals surface area contributed by atoms with E-state index in [0.29, 0.717) is 37.4 Å². The minimum absolute atomic E-state index is 0.0813. The highest BCUT2D eigenvalue weighted by atomic mass is 19.1. The molecule has 0 atom stereocenters. The second-order valence-electron chi connectivity index (χ2n) is 7.80. The minimum atomic E-state index is -1.59. The molecule has 1 saturated carbocycles. The third kappa shape index (κ3) is 3.64. The van der Waals surface area contributed by atoms with E-state index >= 15 is 0 Å². The quantitative estimate of drug-likeness (QED) is 0.769. The van der Waals surface area contributed by atoms with Crippen LogP contribution in [0.2, 0.25) is 0 Å². The highest BCUT2D eigenvalue weighted by Gasteiger charge is 2.29. The molecule has 2 aliphatic rings. The second-order valence-corrected chi connectivity index (χ2v) is 7.80. The monoisotopic (exact) mass is 418 g/mol. The molecule has 2 fully saturated rings. The number of nitrogens with zero attached hydrogens (tertiary/aromatic N) is 4. The van der Waals surface area contributed by atoms with Crippen molar-refractivity contribution in [3.8, 4) is 5.75 Å². The van der Waals surface area contributed by atoms with Crippen molar-refractivity contribution in [2.24, 2.45) is 0 Å². The van der Waals surface area contributed by atoms with Gasteiger partial charge in [0.15, 0.2) is 5.75 Å². The lowest BCUT2D eigenvalue weighted by atomic mass is 10.1. The number of piperazine rings is 1. The number of fused-ring (bicyclic) bond motifs is 1. The van der Waals surface area contributed by atoms with Gasteiger partial charge in [-0.1, -0.05) is 0 Å². The maximum Gasteiger partial charge on any atom is 0.511 e. The molecule has 160 valence electrons. The second kappa shape index (κ2) is 7.51. The lowest BCUT2D eigenvalue weighted by Gasteiger charge is -2.37. The van der Waals surface area contributed by atoms with Crippen molar-refractivity contribution in [2.45, 2.75) is 18.9 Å². The van der Waals surface area contributed by atoms with Gasteiger partial charge < -0.3 is 29.1 Å². The Hall–Kier alpha value is -3.30. The van der Waals surface area contributed by atoms with Gasteiger partial charge in [0.2, 0.25) is 5.43 Å². The molecule has 1 aliphatic carbocycles. The van der Waals surface area contributed by atoms with Crippen LogP contribution in [0, 0.1) is 5.82 Å². The standard InChI is InChI=1S/C20H23FN4O5/c1-22(2)19(27)24-7-5-23(6-8-24)16-10-15-13(9-14(16)21)18(26)17(30-20(28)29)11-25(15)12-3-4-12/h9-12H,3-8H2,1-2H3,(H,28,29). The Kier molecular flexibility index (Phi) is 5.00. The molecule has 1 aromatic carbocycles. The zero-order chi connectivity index (χ0) is 21.6. The van der Waals surface area contributed by atoms with Crippen molar-refractivity contribution in [3.05, 3.63) is 34.4 Å². The summed E-state index contributed by atoms with van der Waals surface area (Å²) in [6.07, 6.45) is 1.59. The largest absolute Gasteiger partial charge is 0.511 e. The van der Waals surface area contributed by atoms with Gasteiger partial charge >= 0.3 is 12.2 Å². The molecule has 1 aliphatic heterocycles. The lowest BCUT2D eigenvalue weighted by molar-refractivity contribution is 0.143. The minimum Gasteiger partial charge on any atom is -0.449 e. The first kappa shape index (κ1) is 20.0. The zero-order valence-electron chi connectivity index (χ0n) is 16.8. The van der Waals surface area contributed by atoms with Crippen LogP contribution in [0.1, 0.15) is 18.9 Å². The number of hydrogen-bond donors (Lipinski definition) is 1. The number of hydrogen-bond acceptors (Lipinski definition) is 5. The molecule has 1 saturated heterocycles. The van der Waals surface area contributed by atoms with E-state index in [1.54, 1.807) is 29.6 Å². The molecule has 0 unspecified atom stereocenters. The molecule has 2 aromatic rings. The number of amides is 2. The fourth-order valence-corrected chi connectivity index (χ4v) is 3.82. The van der Waals surface area contributed by atoms with Crippen LogP contribution < -0.4 is 15.1 Å². The zero-order valence-corrected chi connectivity index (χ0v) is 16.8. The molecule has 0 radical (unpaired) electrons. The fraction of sp³-hybridized carbons (Fsp3) is 0.450. The number of anilines is 1. The van der Waals surface area contributed by atoms with Crippen molar-refractivity contribution in [2.75, 3.05) is 45.2 Å². The molecule has 0 spiro atoms. The Morgan fingerprint density at radius 2 is 1.83 bits per heavy atom. The van der Waals surface area contributed by atoms with Crippen LogP contribution in [0.15, 0.2) is 23.1 Å². The molecule has 1 N–H and O–H groups in total. The SMILES string of the molecule is CN(C)C(=O)N1CCN(c2cc3c(cc2F)c(=O)c(OC(=O)O)cn3C2CC2)CC1. The first-order valence-electron chi connectivity index (χ1n) is 9.76. The molecular weight excluding hydrogens is 395 g/mol. The van der Waals surface area contributed by atoms with E-state index in [0.717, 1.165) is 18.9 Å². The molecule has 0 bridgehead atoms. The van der Waals surface area contributed by atoms with E-state index in [-0.39, 0.29) is 23.2 Å². The predicted molar refractivity (Wildman–Crippen MR) is 108 cm³/mol. The fourth-order valence-electron chi connectivity index (χ4n) is 3.82. The van der Waals surface area contributed by atoms with Crippen LogP contribution in [0.25, 0.3) is 10.9 Å². The van der Waals surface area contributed by atoms with Gasteiger partial charge in [-0.15, -0.1) is 0 Å². The Labute approximate surface area is 171 Å². The van der Waals surface area contributed by atoms with Gasteiger partial charge in [-0.2, -0.15) is 0 Å².